The fraction of sp³-hybridized carbons (Fsp3) is 0.188. The molecule has 0 amide bonds. The van der Waals surface area contributed by atoms with Crippen molar-refractivity contribution in [2.24, 2.45) is 0 Å². The van der Waals surface area contributed by atoms with E-state index in [0.717, 1.165) is 11.1 Å². The van der Waals surface area contributed by atoms with Gasteiger partial charge in [0.1, 0.15) is 6.61 Å². The molecule has 0 aromatic heterocycles. The normalized spacial score (nSPS) is 10.2. The Hall–Kier alpha value is -2.17. The average Bonchev–Trinajstić information content (AvgIpc) is 2.52. The maximum atomic E-state index is 11.7. The number of benzene rings is 2. The topological polar surface area (TPSA) is 44.8 Å². The van der Waals surface area contributed by atoms with Crippen molar-refractivity contribution in [2.75, 3.05) is 20.3 Å². The number of hydrogen-bond acceptors (Lipinski definition) is 4. The highest BCUT2D eigenvalue weighted by atomic mass is 17.2. The van der Waals surface area contributed by atoms with Crippen LogP contribution in [0.4, 0.5) is 0 Å². The highest BCUT2D eigenvalue weighted by molar-refractivity contribution is 5.89. The van der Waals surface area contributed by atoms with E-state index in [1.54, 1.807) is 19.2 Å². The molecule has 0 heterocycles. The highest BCUT2D eigenvalue weighted by Crippen LogP contribution is 2.19. The third-order valence-corrected chi connectivity index (χ3v) is 2.73. The van der Waals surface area contributed by atoms with Crippen molar-refractivity contribution >= 4 is 5.97 Å². The Bertz CT molecular complexity index is 534. The Morgan fingerprint density at radius 1 is 0.900 bits per heavy atom. The lowest BCUT2D eigenvalue weighted by atomic mass is 10.0. The molecular formula is C16H16O4. The van der Waals surface area contributed by atoms with Crippen molar-refractivity contribution in [2.45, 2.75) is 0 Å². The van der Waals surface area contributed by atoms with Gasteiger partial charge in [-0.1, -0.05) is 42.5 Å². The third-order valence-electron chi connectivity index (χ3n) is 2.73. The minimum Gasteiger partial charge on any atom is -0.382 e. The Kier molecular flexibility index (Phi) is 5.29. The van der Waals surface area contributed by atoms with Gasteiger partial charge in [-0.25, -0.2) is 4.79 Å². The van der Waals surface area contributed by atoms with E-state index in [0.29, 0.717) is 12.2 Å². The first-order valence-electron chi connectivity index (χ1n) is 6.29. The molecule has 0 aliphatic rings. The van der Waals surface area contributed by atoms with Crippen molar-refractivity contribution in [3.63, 3.8) is 0 Å². The molecule has 0 radical (unpaired) electrons. The van der Waals surface area contributed by atoms with Gasteiger partial charge in [-0.2, -0.15) is 4.89 Å². The molecule has 0 atom stereocenters. The van der Waals surface area contributed by atoms with Crippen molar-refractivity contribution in [3.8, 4) is 11.1 Å². The average molecular weight is 272 g/mol. The molecule has 2 rings (SSSR count). The van der Waals surface area contributed by atoms with Crippen molar-refractivity contribution < 1.29 is 19.3 Å². The first-order valence-corrected chi connectivity index (χ1v) is 6.29. The van der Waals surface area contributed by atoms with E-state index in [-0.39, 0.29) is 6.61 Å². The van der Waals surface area contributed by atoms with Crippen LogP contribution in [0.5, 0.6) is 0 Å². The van der Waals surface area contributed by atoms with Gasteiger partial charge in [0.15, 0.2) is 0 Å². The van der Waals surface area contributed by atoms with Crippen LogP contribution < -0.4 is 0 Å². The predicted molar refractivity (Wildman–Crippen MR) is 75.1 cm³/mol. The highest BCUT2D eigenvalue weighted by Gasteiger charge is 2.08. The molecule has 0 saturated heterocycles. The van der Waals surface area contributed by atoms with Gasteiger partial charge in [0.25, 0.3) is 0 Å². The first kappa shape index (κ1) is 14.2. The van der Waals surface area contributed by atoms with Gasteiger partial charge in [0, 0.05) is 7.11 Å². The standard InChI is InChI=1S/C16H16O4/c1-18-11-12-19-20-16(17)15-9-7-14(8-10-15)13-5-3-2-4-6-13/h2-10H,11-12H2,1H3. The second-order valence-electron chi connectivity index (χ2n) is 4.13. The Morgan fingerprint density at radius 3 is 2.20 bits per heavy atom. The molecule has 0 aliphatic heterocycles. The molecule has 4 heteroatoms. The van der Waals surface area contributed by atoms with Gasteiger partial charge >= 0.3 is 5.97 Å². The minimum atomic E-state index is -0.513. The van der Waals surface area contributed by atoms with Crippen molar-refractivity contribution in [3.05, 3.63) is 60.2 Å². The Morgan fingerprint density at radius 2 is 1.55 bits per heavy atom. The van der Waals surface area contributed by atoms with Crippen molar-refractivity contribution in [1.29, 1.82) is 0 Å². The minimum absolute atomic E-state index is 0.213. The number of carbonyl (C=O) groups excluding carboxylic acids is 1. The molecule has 0 unspecified atom stereocenters. The fourth-order valence-corrected chi connectivity index (χ4v) is 1.69. The summed E-state index contributed by atoms with van der Waals surface area (Å²) >= 11 is 0. The lowest BCUT2D eigenvalue weighted by Crippen LogP contribution is -2.09. The summed E-state index contributed by atoms with van der Waals surface area (Å²) in [6, 6.07) is 17.1. The Labute approximate surface area is 117 Å². The molecule has 0 saturated carbocycles. The summed E-state index contributed by atoms with van der Waals surface area (Å²) in [7, 11) is 1.55. The van der Waals surface area contributed by atoms with Crippen LogP contribution in [0.3, 0.4) is 0 Å². The second kappa shape index (κ2) is 7.43. The summed E-state index contributed by atoms with van der Waals surface area (Å²) in [5.74, 6) is -0.513. The third kappa shape index (κ3) is 3.91. The molecule has 2 aromatic rings. The van der Waals surface area contributed by atoms with E-state index in [1.807, 2.05) is 42.5 Å². The largest absolute Gasteiger partial charge is 0.382 e. The SMILES string of the molecule is COCCOOC(=O)c1ccc(-c2ccccc2)cc1. The van der Waals surface area contributed by atoms with E-state index in [1.165, 1.54) is 0 Å². The van der Waals surface area contributed by atoms with Crippen LogP contribution in [0.2, 0.25) is 0 Å². The molecule has 0 fully saturated rings. The first-order chi connectivity index (χ1) is 9.81. The van der Waals surface area contributed by atoms with Crippen molar-refractivity contribution in [1.82, 2.24) is 0 Å². The van der Waals surface area contributed by atoms with Crippen LogP contribution in [-0.2, 0) is 14.5 Å². The maximum absolute atomic E-state index is 11.7. The van der Waals surface area contributed by atoms with Crippen LogP contribution in [0, 0.1) is 0 Å². The summed E-state index contributed by atoms with van der Waals surface area (Å²) in [4.78, 5) is 21.1. The number of rotatable bonds is 6. The Balaban J connectivity index is 1.96. The molecule has 0 bridgehead atoms. The molecule has 2 aromatic carbocycles. The van der Waals surface area contributed by atoms with Crippen LogP contribution in [0.25, 0.3) is 11.1 Å². The quantitative estimate of drug-likeness (QED) is 0.460. The van der Waals surface area contributed by atoms with E-state index in [4.69, 9.17) is 9.62 Å². The smallest absolute Gasteiger partial charge is 0.373 e. The van der Waals surface area contributed by atoms with Crippen LogP contribution in [0.15, 0.2) is 54.6 Å². The molecule has 0 spiro atoms. The summed E-state index contributed by atoms with van der Waals surface area (Å²) < 4.78 is 4.78. The van der Waals surface area contributed by atoms with Gasteiger partial charge in [-0.3, -0.25) is 4.89 Å². The lowest BCUT2D eigenvalue weighted by Gasteiger charge is -2.05. The predicted octanol–water partition coefficient (Wildman–Crippen LogP) is 3.09. The summed E-state index contributed by atoms with van der Waals surface area (Å²) in [5.41, 5.74) is 2.59. The lowest BCUT2D eigenvalue weighted by molar-refractivity contribution is -0.246. The number of hydrogen-bond donors (Lipinski definition) is 0. The van der Waals surface area contributed by atoms with Crippen LogP contribution in [-0.4, -0.2) is 26.3 Å². The van der Waals surface area contributed by atoms with Gasteiger partial charge in [0.05, 0.1) is 12.2 Å². The van der Waals surface area contributed by atoms with E-state index in [9.17, 15) is 4.79 Å². The zero-order valence-electron chi connectivity index (χ0n) is 11.2. The fourth-order valence-electron chi connectivity index (χ4n) is 1.69. The summed E-state index contributed by atoms with van der Waals surface area (Å²) in [5, 5.41) is 0. The molecule has 104 valence electrons. The molecular weight excluding hydrogens is 256 g/mol. The molecule has 4 nitrogen and oxygen atoms in total. The van der Waals surface area contributed by atoms with Gasteiger partial charge < -0.3 is 4.74 Å². The molecule has 0 N–H and O–H groups in total. The monoisotopic (exact) mass is 272 g/mol. The maximum Gasteiger partial charge on any atom is 0.373 e. The van der Waals surface area contributed by atoms with E-state index >= 15 is 0 Å². The van der Waals surface area contributed by atoms with Gasteiger partial charge in [-0.15, -0.1) is 0 Å². The number of ether oxygens (including phenoxy) is 1. The zero-order valence-corrected chi connectivity index (χ0v) is 11.2. The van der Waals surface area contributed by atoms with Gasteiger partial charge in [0.2, 0.25) is 0 Å². The van der Waals surface area contributed by atoms with Crippen LogP contribution in [0.1, 0.15) is 10.4 Å². The number of methoxy groups -OCH3 is 1. The summed E-state index contributed by atoms with van der Waals surface area (Å²) in [6.45, 7) is 0.588. The van der Waals surface area contributed by atoms with E-state index in [2.05, 4.69) is 4.89 Å². The number of carbonyl (C=O) groups is 1. The zero-order chi connectivity index (χ0) is 14.2. The van der Waals surface area contributed by atoms with Crippen LogP contribution >= 0.6 is 0 Å². The van der Waals surface area contributed by atoms with Gasteiger partial charge in [-0.05, 0) is 23.3 Å². The second-order valence-corrected chi connectivity index (χ2v) is 4.13. The van der Waals surface area contributed by atoms with E-state index < -0.39 is 5.97 Å². The molecule has 20 heavy (non-hydrogen) atoms. The molecule has 0 aliphatic carbocycles. The summed E-state index contributed by atoms with van der Waals surface area (Å²) in [6.07, 6.45) is 0.